The SMILES string of the molecule is O=S([O-])Nc1cc(C(=S)S)c(NCc2ccco2)cc1Cl. The summed E-state index contributed by atoms with van der Waals surface area (Å²) in [6.07, 6.45) is 1.57. The molecule has 112 valence electrons. The van der Waals surface area contributed by atoms with Crippen molar-refractivity contribution in [2.75, 3.05) is 10.0 Å². The van der Waals surface area contributed by atoms with Gasteiger partial charge in [0, 0.05) is 22.5 Å². The first-order valence-electron chi connectivity index (χ1n) is 5.66. The predicted octanol–water partition coefficient (Wildman–Crippen LogP) is 3.36. The van der Waals surface area contributed by atoms with Crippen molar-refractivity contribution in [1.29, 1.82) is 0 Å². The summed E-state index contributed by atoms with van der Waals surface area (Å²) in [7, 11) is 0. The van der Waals surface area contributed by atoms with E-state index in [0.29, 0.717) is 22.0 Å². The Kier molecular flexibility index (Phi) is 5.65. The van der Waals surface area contributed by atoms with Gasteiger partial charge in [-0.2, -0.15) is 0 Å². The van der Waals surface area contributed by atoms with Crippen molar-refractivity contribution in [2.24, 2.45) is 0 Å². The Morgan fingerprint density at radius 2 is 2.24 bits per heavy atom. The van der Waals surface area contributed by atoms with Crippen LogP contribution in [0.5, 0.6) is 0 Å². The van der Waals surface area contributed by atoms with Crippen LogP contribution in [0, 0.1) is 0 Å². The Balaban J connectivity index is 2.29. The molecule has 0 saturated carbocycles. The van der Waals surface area contributed by atoms with Gasteiger partial charge in [0.15, 0.2) is 0 Å². The number of thiol groups is 1. The quantitative estimate of drug-likeness (QED) is 0.418. The molecule has 5 nitrogen and oxygen atoms in total. The van der Waals surface area contributed by atoms with Crippen LogP contribution < -0.4 is 10.0 Å². The van der Waals surface area contributed by atoms with Crippen molar-refractivity contribution < 1.29 is 13.2 Å². The zero-order valence-corrected chi connectivity index (χ0v) is 13.7. The van der Waals surface area contributed by atoms with Crippen LogP contribution in [0.1, 0.15) is 11.3 Å². The Hall–Kier alpha value is -1.06. The number of hydrogen-bond acceptors (Lipinski definition) is 5. The summed E-state index contributed by atoms with van der Waals surface area (Å²) >= 11 is 12.8. The Morgan fingerprint density at radius 3 is 2.81 bits per heavy atom. The standard InChI is InChI=1S/C12H11ClN2O3S3/c13-9-5-10(14-6-7-2-1-3-18-7)8(12(19)20)4-11(9)15-21(16)17/h1-5,14-15H,6H2,(H,16,17)(H,19,20)/p-1. The first-order chi connectivity index (χ1) is 9.97. The molecule has 0 aliphatic rings. The van der Waals surface area contributed by atoms with E-state index in [-0.39, 0.29) is 10.7 Å². The predicted molar refractivity (Wildman–Crippen MR) is 90.7 cm³/mol. The summed E-state index contributed by atoms with van der Waals surface area (Å²) in [5.74, 6) is 0.741. The molecule has 21 heavy (non-hydrogen) atoms. The summed E-state index contributed by atoms with van der Waals surface area (Å²) in [5.41, 5.74) is 1.44. The smallest absolute Gasteiger partial charge is 0.122 e. The lowest BCUT2D eigenvalue weighted by Gasteiger charge is -2.16. The third-order valence-electron chi connectivity index (χ3n) is 2.56. The molecule has 1 aromatic carbocycles. The Bertz CT molecular complexity index is 677. The Labute approximate surface area is 139 Å². The van der Waals surface area contributed by atoms with E-state index in [2.05, 4.69) is 22.7 Å². The van der Waals surface area contributed by atoms with Crippen molar-refractivity contribution in [3.05, 3.63) is 46.9 Å². The second-order valence-electron chi connectivity index (χ2n) is 3.95. The molecule has 1 atom stereocenters. The van der Waals surface area contributed by atoms with Gasteiger partial charge in [-0.3, -0.25) is 4.21 Å². The molecule has 2 aromatic rings. The van der Waals surface area contributed by atoms with Crippen molar-refractivity contribution in [3.63, 3.8) is 0 Å². The summed E-state index contributed by atoms with van der Waals surface area (Å²) in [5, 5.41) is 3.37. The second-order valence-corrected chi connectivity index (χ2v) is 6.19. The minimum absolute atomic E-state index is 0.236. The van der Waals surface area contributed by atoms with Gasteiger partial charge in [-0.05, 0) is 24.3 Å². The number of thiocarbonyl (C=S) groups is 1. The normalized spacial score (nSPS) is 12.0. The zero-order valence-electron chi connectivity index (χ0n) is 10.5. The topological polar surface area (TPSA) is 77.3 Å². The molecule has 0 aliphatic heterocycles. The van der Waals surface area contributed by atoms with Crippen LogP contribution in [0.15, 0.2) is 34.9 Å². The minimum Gasteiger partial charge on any atom is -0.755 e. The van der Waals surface area contributed by atoms with Gasteiger partial charge < -0.3 is 19.0 Å². The number of rotatable bonds is 6. The fourth-order valence-electron chi connectivity index (χ4n) is 1.66. The lowest BCUT2D eigenvalue weighted by Crippen LogP contribution is -2.07. The van der Waals surface area contributed by atoms with Crippen LogP contribution in [0.2, 0.25) is 5.02 Å². The van der Waals surface area contributed by atoms with Gasteiger partial charge in [0.2, 0.25) is 0 Å². The molecule has 1 heterocycles. The molecule has 1 unspecified atom stereocenters. The molecular formula is C12H10ClN2O3S3-. The van der Waals surface area contributed by atoms with Crippen LogP contribution in [0.4, 0.5) is 11.4 Å². The molecule has 0 bridgehead atoms. The zero-order chi connectivity index (χ0) is 15.4. The van der Waals surface area contributed by atoms with E-state index >= 15 is 0 Å². The summed E-state index contributed by atoms with van der Waals surface area (Å²) in [6.45, 7) is 0.437. The first kappa shape index (κ1) is 16.3. The van der Waals surface area contributed by atoms with Gasteiger partial charge in [0.1, 0.15) is 5.76 Å². The maximum absolute atomic E-state index is 10.7. The fraction of sp³-hybridized carbons (Fsp3) is 0.0833. The number of hydrogen-bond donors (Lipinski definition) is 3. The lowest BCUT2D eigenvalue weighted by atomic mass is 10.1. The fourth-order valence-corrected chi connectivity index (χ4v) is 2.63. The van der Waals surface area contributed by atoms with Crippen LogP contribution in [0.25, 0.3) is 0 Å². The van der Waals surface area contributed by atoms with Crippen LogP contribution >= 0.6 is 36.4 Å². The number of halogens is 1. The lowest BCUT2D eigenvalue weighted by molar-refractivity contribution is 0.518. The highest BCUT2D eigenvalue weighted by Crippen LogP contribution is 2.31. The van der Waals surface area contributed by atoms with Crippen LogP contribution in [-0.4, -0.2) is 13.0 Å². The molecule has 1 aromatic heterocycles. The molecule has 0 fully saturated rings. The maximum atomic E-state index is 10.7. The van der Waals surface area contributed by atoms with E-state index in [1.165, 1.54) is 6.07 Å². The van der Waals surface area contributed by atoms with E-state index in [1.54, 1.807) is 18.4 Å². The van der Waals surface area contributed by atoms with E-state index in [0.717, 1.165) is 5.76 Å². The summed E-state index contributed by atoms with van der Waals surface area (Å²) in [6, 6.07) is 6.71. The summed E-state index contributed by atoms with van der Waals surface area (Å²) < 4.78 is 29.2. The maximum Gasteiger partial charge on any atom is 0.122 e. The average molecular weight is 362 g/mol. The van der Waals surface area contributed by atoms with Gasteiger partial charge in [-0.1, -0.05) is 23.8 Å². The minimum atomic E-state index is -2.47. The van der Waals surface area contributed by atoms with Gasteiger partial charge in [0.25, 0.3) is 0 Å². The highest BCUT2D eigenvalue weighted by molar-refractivity contribution is 8.11. The monoisotopic (exact) mass is 361 g/mol. The largest absolute Gasteiger partial charge is 0.755 e. The van der Waals surface area contributed by atoms with E-state index in [9.17, 15) is 8.76 Å². The third kappa shape index (κ3) is 4.45. The molecule has 0 aliphatic carbocycles. The number of furan rings is 1. The van der Waals surface area contributed by atoms with E-state index in [1.807, 2.05) is 6.07 Å². The van der Waals surface area contributed by atoms with E-state index < -0.39 is 11.3 Å². The number of nitrogens with one attached hydrogen (secondary N) is 2. The third-order valence-corrected chi connectivity index (χ3v) is 3.72. The molecule has 0 radical (unpaired) electrons. The molecule has 2 rings (SSSR count). The molecule has 2 N–H and O–H groups in total. The molecule has 0 saturated heterocycles. The van der Waals surface area contributed by atoms with Gasteiger partial charge in [-0.25, -0.2) is 0 Å². The highest BCUT2D eigenvalue weighted by atomic mass is 35.5. The molecular weight excluding hydrogens is 352 g/mol. The number of benzene rings is 1. The average Bonchev–Trinajstić information content (AvgIpc) is 2.91. The van der Waals surface area contributed by atoms with Crippen molar-refractivity contribution in [3.8, 4) is 0 Å². The van der Waals surface area contributed by atoms with Crippen LogP contribution in [-0.2, 0) is 17.8 Å². The van der Waals surface area contributed by atoms with Crippen LogP contribution in [0.3, 0.4) is 0 Å². The second kappa shape index (κ2) is 7.28. The number of anilines is 2. The van der Waals surface area contributed by atoms with Gasteiger partial charge in [-0.15, -0.1) is 12.6 Å². The molecule has 0 spiro atoms. The molecule has 9 heteroatoms. The van der Waals surface area contributed by atoms with Crippen molar-refractivity contribution >= 4 is 63.3 Å². The van der Waals surface area contributed by atoms with Gasteiger partial charge >= 0.3 is 0 Å². The van der Waals surface area contributed by atoms with Crippen molar-refractivity contribution in [2.45, 2.75) is 6.54 Å². The molecule has 0 amide bonds. The van der Waals surface area contributed by atoms with Gasteiger partial charge in [0.05, 0.1) is 27.7 Å². The highest BCUT2D eigenvalue weighted by Gasteiger charge is 2.11. The Morgan fingerprint density at radius 1 is 1.48 bits per heavy atom. The van der Waals surface area contributed by atoms with E-state index in [4.69, 9.17) is 28.2 Å². The van der Waals surface area contributed by atoms with Crippen molar-refractivity contribution in [1.82, 2.24) is 0 Å². The first-order valence-corrected chi connectivity index (χ1v) is 7.97. The summed E-state index contributed by atoms with van der Waals surface area (Å²) in [4.78, 5) is 0.